The summed E-state index contributed by atoms with van der Waals surface area (Å²) in [5.74, 6) is 1.30. The number of carbonyl (C=O) groups excluding carboxylic acids is 2. The van der Waals surface area contributed by atoms with Gasteiger partial charge in [-0.1, -0.05) is 6.08 Å². The van der Waals surface area contributed by atoms with Crippen LogP contribution in [0.1, 0.15) is 29.6 Å². The number of benzene rings is 1. The van der Waals surface area contributed by atoms with Crippen molar-refractivity contribution in [3.63, 3.8) is 0 Å². The fraction of sp³-hybridized carbons (Fsp3) is 0.419. The Kier molecular flexibility index (Phi) is 10.5. The molecule has 230 valence electrons. The number of rotatable bonds is 9. The van der Waals surface area contributed by atoms with Gasteiger partial charge in [0.25, 0.3) is 5.91 Å². The molecule has 6 rings (SSSR count). The lowest BCUT2D eigenvalue weighted by Gasteiger charge is -2.31. The summed E-state index contributed by atoms with van der Waals surface area (Å²) >= 11 is 0. The van der Waals surface area contributed by atoms with E-state index in [1.807, 2.05) is 62.6 Å². The van der Waals surface area contributed by atoms with Gasteiger partial charge >= 0.3 is 0 Å². The van der Waals surface area contributed by atoms with Crippen LogP contribution in [0.5, 0.6) is 0 Å². The van der Waals surface area contributed by atoms with Crippen LogP contribution in [0, 0.1) is 5.92 Å². The number of pyridine rings is 1. The van der Waals surface area contributed by atoms with Crippen LogP contribution in [-0.2, 0) is 18.4 Å². The standard InChI is InChI=1S/C31H38N8O2.2ClH/c1-37(2)13-5-7-28(40)34-23-16-24(18-32-17-23)35-31(41)22-10-11-26-25(14-22)36-30(38(26)3)27-15-21-6-4-12-33-29(21)39(27)19-20-8-9-20;;/h4-7,10-12,14-15,20,23-24,32H,8-9,13,16-19H2,1-3H3,(H,34,40)(H,35,41);2*1H/b7-5-;;/t23-,24+;;/m0../s1. The summed E-state index contributed by atoms with van der Waals surface area (Å²) < 4.78 is 4.39. The topological polar surface area (TPSA) is 109 Å². The summed E-state index contributed by atoms with van der Waals surface area (Å²) in [5, 5.41) is 10.6. The summed E-state index contributed by atoms with van der Waals surface area (Å²) in [6.07, 6.45) is 8.43. The molecule has 4 heterocycles. The molecule has 2 amide bonds. The van der Waals surface area contributed by atoms with E-state index in [0.29, 0.717) is 37.5 Å². The number of hydrogen-bond donors (Lipinski definition) is 3. The zero-order valence-corrected chi connectivity index (χ0v) is 26.4. The van der Waals surface area contributed by atoms with E-state index in [4.69, 9.17) is 4.98 Å². The summed E-state index contributed by atoms with van der Waals surface area (Å²) in [5.41, 5.74) is 4.36. The lowest BCUT2D eigenvalue weighted by molar-refractivity contribution is -0.117. The van der Waals surface area contributed by atoms with Crippen LogP contribution in [0.3, 0.4) is 0 Å². The van der Waals surface area contributed by atoms with E-state index < -0.39 is 0 Å². The predicted molar refractivity (Wildman–Crippen MR) is 175 cm³/mol. The highest BCUT2D eigenvalue weighted by Crippen LogP contribution is 2.35. The predicted octanol–water partition coefficient (Wildman–Crippen LogP) is 3.54. The maximum atomic E-state index is 13.3. The highest BCUT2D eigenvalue weighted by molar-refractivity contribution is 5.98. The molecule has 0 spiro atoms. The maximum absolute atomic E-state index is 13.3. The van der Waals surface area contributed by atoms with Gasteiger partial charge in [-0.3, -0.25) is 9.59 Å². The number of nitrogens with zero attached hydrogens (tertiary/aromatic N) is 5. The van der Waals surface area contributed by atoms with Crippen LogP contribution in [0.4, 0.5) is 0 Å². The third-order valence-electron chi connectivity index (χ3n) is 7.94. The van der Waals surface area contributed by atoms with E-state index in [-0.39, 0.29) is 48.7 Å². The second-order valence-corrected chi connectivity index (χ2v) is 11.6. The number of amides is 2. The van der Waals surface area contributed by atoms with Crippen LogP contribution in [-0.4, -0.2) is 81.6 Å². The van der Waals surface area contributed by atoms with Gasteiger partial charge < -0.3 is 30.0 Å². The number of aryl methyl sites for hydroxylation is 1. The number of aromatic nitrogens is 4. The molecule has 2 aliphatic rings. The van der Waals surface area contributed by atoms with Crippen molar-refractivity contribution in [2.75, 3.05) is 33.7 Å². The average molecular weight is 628 g/mol. The molecular formula is C31H40Cl2N8O2. The number of halogens is 2. The zero-order valence-electron chi connectivity index (χ0n) is 24.7. The minimum atomic E-state index is -0.143. The first-order valence-electron chi connectivity index (χ1n) is 14.4. The number of nitrogens with one attached hydrogen (secondary N) is 3. The lowest BCUT2D eigenvalue weighted by Crippen LogP contribution is -2.55. The van der Waals surface area contributed by atoms with Gasteiger partial charge in [-0.15, -0.1) is 24.8 Å². The van der Waals surface area contributed by atoms with Gasteiger partial charge in [0.15, 0.2) is 5.82 Å². The molecular weight excluding hydrogens is 587 g/mol. The maximum Gasteiger partial charge on any atom is 0.251 e. The van der Waals surface area contributed by atoms with Gasteiger partial charge in [0.2, 0.25) is 5.91 Å². The van der Waals surface area contributed by atoms with Crippen LogP contribution < -0.4 is 16.0 Å². The monoisotopic (exact) mass is 626 g/mol. The fourth-order valence-corrected chi connectivity index (χ4v) is 5.64. The molecule has 1 aromatic carbocycles. The number of piperidine rings is 1. The molecule has 1 aliphatic carbocycles. The second kappa shape index (κ2) is 13.9. The largest absolute Gasteiger partial charge is 0.348 e. The Bertz CT molecular complexity index is 1620. The minimum Gasteiger partial charge on any atom is -0.348 e. The minimum absolute atomic E-state index is 0. The third-order valence-corrected chi connectivity index (χ3v) is 7.94. The van der Waals surface area contributed by atoms with Crippen molar-refractivity contribution in [3.8, 4) is 11.5 Å². The molecule has 1 saturated heterocycles. The van der Waals surface area contributed by atoms with Gasteiger partial charge in [0.1, 0.15) is 5.65 Å². The van der Waals surface area contributed by atoms with Crippen LogP contribution in [0.25, 0.3) is 33.6 Å². The number of carbonyl (C=O) groups is 2. The fourth-order valence-electron chi connectivity index (χ4n) is 5.64. The van der Waals surface area contributed by atoms with Crippen molar-refractivity contribution in [1.29, 1.82) is 0 Å². The van der Waals surface area contributed by atoms with Gasteiger partial charge in [0.05, 0.1) is 16.7 Å². The SMILES string of the molecule is CN(C)C/C=C\C(=O)N[C@@H]1CNC[C@H](NC(=O)c2ccc3c(c2)nc(-c2cc4cccnc4n2CC2CC2)n3C)C1.Cl.Cl. The van der Waals surface area contributed by atoms with E-state index in [2.05, 4.69) is 42.2 Å². The quantitative estimate of drug-likeness (QED) is 0.245. The van der Waals surface area contributed by atoms with Crippen molar-refractivity contribution in [2.24, 2.45) is 13.0 Å². The number of fused-ring (bicyclic) bond motifs is 2. The Hall–Kier alpha value is -3.44. The van der Waals surface area contributed by atoms with Gasteiger partial charge in [-0.2, -0.15) is 0 Å². The van der Waals surface area contributed by atoms with E-state index in [0.717, 1.165) is 40.1 Å². The summed E-state index contributed by atoms with van der Waals surface area (Å²) in [6, 6.07) is 11.8. The van der Waals surface area contributed by atoms with Crippen molar-refractivity contribution in [3.05, 3.63) is 60.3 Å². The Morgan fingerprint density at radius 1 is 1.09 bits per heavy atom. The van der Waals surface area contributed by atoms with Gasteiger partial charge in [-0.05, 0) is 75.7 Å². The number of likely N-dealkylation sites (N-methyl/N-ethyl adjacent to an activating group) is 1. The van der Waals surface area contributed by atoms with Crippen molar-refractivity contribution in [1.82, 2.24) is 40.0 Å². The molecule has 4 aromatic rings. The summed E-state index contributed by atoms with van der Waals surface area (Å²) in [7, 11) is 5.94. The Balaban J connectivity index is 0.00000212. The molecule has 3 N–H and O–H groups in total. The molecule has 1 saturated carbocycles. The first-order chi connectivity index (χ1) is 19.9. The van der Waals surface area contributed by atoms with E-state index in [1.54, 1.807) is 6.08 Å². The number of hydrogen-bond acceptors (Lipinski definition) is 6. The molecule has 10 nitrogen and oxygen atoms in total. The Morgan fingerprint density at radius 3 is 2.60 bits per heavy atom. The smallest absolute Gasteiger partial charge is 0.251 e. The molecule has 43 heavy (non-hydrogen) atoms. The van der Waals surface area contributed by atoms with Crippen molar-refractivity contribution in [2.45, 2.75) is 37.9 Å². The molecule has 12 heteroatoms. The first kappa shape index (κ1) is 32.5. The highest BCUT2D eigenvalue weighted by atomic mass is 35.5. The van der Waals surface area contributed by atoms with E-state index in [9.17, 15) is 9.59 Å². The molecule has 0 bridgehead atoms. The van der Waals surface area contributed by atoms with Crippen LogP contribution in [0.2, 0.25) is 0 Å². The molecule has 3 aromatic heterocycles. The molecule has 1 aliphatic heterocycles. The zero-order chi connectivity index (χ0) is 28.5. The first-order valence-corrected chi connectivity index (χ1v) is 14.4. The average Bonchev–Trinajstić information content (AvgIpc) is 3.62. The third kappa shape index (κ3) is 7.38. The highest BCUT2D eigenvalue weighted by Gasteiger charge is 2.27. The van der Waals surface area contributed by atoms with Crippen molar-refractivity contribution < 1.29 is 9.59 Å². The normalized spacial score (nSPS) is 18.5. The second-order valence-electron chi connectivity index (χ2n) is 11.6. The van der Waals surface area contributed by atoms with Crippen LogP contribution in [0.15, 0.2) is 54.7 Å². The van der Waals surface area contributed by atoms with E-state index >= 15 is 0 Å². The molecule has 0 unspecified atom stereocenters. The van der Waals surface area contributed by atoms with Crippen molar-refractivity contribution >= 4 is 58.7 Å². The number of imidazole rings is 1. The Morgan fingerprint density at radius 2 is 1.86 bits per heavy atom. The molecule has 0 radical (unpaired) electrons. The van der Waals surface area contributed by atoms with E-state index in [1.165, 1.54) is 12.8 Å². The summed E-state index contributed by atoms with van der Waals surface area (Å²) in [4.78, 5) is 37.2. The van der Waals surface area contributed by atoms with Gasteiger partial charge in [0, 0.05) is 68.5 Å². The summed E-state index contributed by atoms with van der Waals surface area (Å²) in [6.45, 7) is 2.98. The molecule has 2 fully saturated rings. The van der Waals surface area contributed by atoms with Gasteiger partial charge in [-0.25, -0.2) is 9.97 Å². The Labute approximate surface area is 264 Å². The molecule has 2 atom stereocenters. The lowest BCUT2D eigenvalue weighted by atomic mass is 10.0. The van der Waals surface area contributed by atoms with Crippen LogP contribution >= 0.6 is 24.8 Å².